The van der Waals surface area contributed by atoms with E-state index in [-0.39, 0.29) is 0 Å². The summed E-state index contributed by atoms with van der Waals surface area (Å²) in [6, 6.07) is 52.0. The fourth-order valence-corrected chi connectivity index (χ4v) is 7.27. The van der Waals surface area contributed by atoms with Crippen LogP contribution in [0.4, 0.5) is 0 Å². The highest BCUT2D eigenvalue weighted by atomic mass is 14.9. The minimum absolute atomic E-state index is 0.645. The average Bonchev–Trinajstić information content (AvgIpc) is 3.23. The van der Waals surface area contributed by atoms with Gasteiger partial charge in [0.15, 0.2) is 11.6 Å². The molecule has 0 spiro atoms. The molecular weight excluding hydrogens is 637 g/mol. The summed E-state index contributed by atoms with van der Waals surface area (Å²) in [5.74, 6) is 1.33. The Bertz CT molecular complexity index is 2950. The van der Waals surface area contributed by atoms with E-state index >= 15 is 0 Å². The molecule has 6 heteroatoms. The molecule has 0 fully saturated rings. The second-order valence-corrected chi connectivity index (χ2v) is 12.7. The third-order valence-electron chi connectivity index (χ3n) is 9.67. The number of rotatable bonds is 5. The van der Waals surface area contributed by atoms with Crippen LogP contribution < -0.4 is 0 Å². The molecule has 0 amide bonds. The minimum Gasteiger partial charge on any atom is -0.244 e. The molecule has 0 radical (unpaired) electrons. The highest BCUT2D eigenvalue weighted by Gasteiger charge is 2.21. The molecule has 10 rings (SSSR count). The molecule has 3 aromatic heterocycles. The van der Waals surface area contributed by atoms with Crippen LogP contribution in [0.1, 0.15) is 0 Å². The van der Waals surface area contributed by atoms with E-state index in [0.717, 1.165) is 88.1 Å². The Morgan fingerprint density at radius 3 is 1.83 bits per heavy atom. The van der Waals surface area contributed by atoms with E-state index in [9.17, 15) is 0 Å². The van der Waals surface area contributed by atoms with Gasteiger partial charge >= 0.3 is 0 Å². The van der Waals surface area contributed by atoms with Crippen molar-refractivity contribution < 1.29 is 0 Å². The summed E-state index contributed by atoms with van der Waals surface area (Å²) in [4.78, 5) is 29.7. The van der Waals surface area contributed by atoms with Crippen LogP contribution in [0.15, 0.2) is 170 Å². The van der Waals surface area contributed by atoms with Crippen molar-refractivity contribution in [3.8, 4) is 56.3 Å². The van der Waals surface area contributed by atoms with Crippen molar-refractivity contribution in [2.24, 2.45) is 0 Å². The third-order valence-corrected chi connectivity index (χ3v) is 9.67. The van der Waals surface area contributed by atoms with Crippen LogP contribution in [0.25, 0.3) is 99.8 Å². The third kappa shape index (κ3) is 4.96. The smallest absolute Gasteiger partial charge is 0.160 e. The Morgan fingerprint density at radius 1 is 0.385 bits per heavy atom. The SMILES string of the molecule is c1ccc(-c2nc(-c3ccc4c(-c5ncc6c(n5)c(-c5ccccc5)c(-c5ccccc5)c5ncncc56)cccc4c3)nc3ccccc23)cc1. The number of aromatic nitrogens is 6. The van der Waals surface area contributed by atoms with Gasteiger partial charge in [0.2, 0.25) is 0 Å². The summed E-state index contributed by atoms with van der Waals surface area (Å²) < 4.78 is 0. The topological polar surface area (TPSA) is 77.3 Å². The molecule has 0 aliphatic heterocycles. The quantitative estimate of drug-likeness (QED) is 0.170. The molecule has 10 aromatic rings. The van der Waals surface area contributed by atoms with Gasteiger partial charge in [-0.1, -0.05) is 140 Å². The molecule has 7 aromatic carbocycles. The van der Waals surface area contributed by atoms with Gasteiger partial charge in [-0.05, 0) is 34.0 Å². The summed E-state index contributed by atoms with van der Waals surface area (Å²) in [6.45, 7) is 0. The maximum atomic E-state index is 5.38. The first kappa shape index (κ1) is 29.7. The summed E-state index contributed by atoms with van der Waals surface area (Å²) in [5.41, 5.74) is 10.7. The molecule has 0 bridgehead atoms. The van der Waals surface area contributed by atoms with E-state index in [2.05, 4.69) is 108 Å². The maximum Gasteiger partial charge on any atom is 0.160 e. The Kier molecular flexibility index (Phi) is 7.03. The Balaban J connectivity index is 1.17. The highest BCUT2D eigenvalue weighted by Crippen LogP contribution is 2.43. The van der Waals surface area contributed by atoms with Crippen molar-refractivity contribution in [2.75, 3.05) is 0 Å². The van der Waals surface area contributed by atoms with Gasteiger partial charge in [-0.2, -0.15) is 0 Å². The molecule has 0 aliphatic rings. The van der Waals surface area contributed by atoms with Gasteiger partial charge in [-0.15, -0.1) is 0 Å². The lowest BCUT2D eigenvalue weighted by Crippen LogP contribution is -1.98. The van der Waals surface area contributed by atoms with E-state index in [1.165, 1.54) is 0 Å². The molecule has 52 heavy (non-hydrogen) atoms. The molecule has 6 nitrogen and oxygen atoms in total. The van der Waals surface area contributed by atoms with E-state index < -0.39 is 0 Å². The zero-order valence-corrected chi connectivity index (χ0v) is 27.8. The monoisotopic (exact) mass is 664 g/mol. The molecule has 242 valence electrons. The summed E-state index contributed by atoms with van der Waals surface area (Å²) in [7, 11) is 0. The Hall–Kier alpha value is -7.18. The number of nitrogens with zero attached hydrogens (tertiary/aromatic N) is 6. The molecule has 0 unspecified atom stereocenters. The first-order chi connectivity index (χ1) is 25.8. The van der Waals surface area contributed by atoms with Gasteiger partial charge in [0.05, 0.1) is 22.2 Å². The molecule has 0 saturated carbocycles. The van der Waals surface area contributed by atoms with Gasteiger partial charge in [0, 0.05) is 56.4 Å². The molecular formula is C46H28N6. The molecule has 0 saturated heterocycles. The van der Waals surface area contributed by atoms with Gasteiger partial charge in [0.1, 0.15) is 6.33 Å². The van der Waals surface area contributed by atoms with Crippen molar-refractivity contribution in [1.29, 1.82) is 0 Å². The Labute approximate surface area is 299 Å². The molecule has 0 atom stereocenters. The van der Waals surface area contributed by atoms with Crippen LogP contribution in [0, 0.1) is 0 Å². The van der Waals surface area contributed by atoms with Crippen LogP contribution in [0.2, 0.25) is 0 Å². The van der Waals surface area contributed by atoms with E-state index in [4.69, 9.17) is 24.9 Å². The molecule has 0 N–H and O–H groups in total. The maximum absolute atomic E-state index is 5.38. The predicted octanol–water partition coefficient (Wildman–Crippen LogP) is 11.0. The standard InChI is InChI=1S/C46H28N6/c1-4-13-29(14-5-1)40-41(30-15-6-2-7-16-30)44-38(37-26-47-28-49-43(37)40)27-48-46(52-44)35-21-12-19-32-25-33(23-24-34(32)35)45-50-39-22-11-10-20-36(39)42(51-45)31-17-8-3-9-18-31/h1-28H. The van der Waals surface area contributed by atoms with Crippen molar-refractivity contribution >= 4 is 43.5 Å². The lowest BCUT2D eigenvalue weighted by Gasteiger charge is -2.17. The number of para-hydroxylation sites is 1. The van der Waals surface area contributed by atoms with Gasteiger partial charge in [-0.3, -0.25) is 0 Å². The number of hydrogen-bond donors (Lipinski definition) is 0. The number of benzene rings is 7. The van der Waals surface area contributed by atoms with Crippen LogP contribution in [0.3, 0.4) is 0 Å². The first-order valence-corrected chi connectivity index (χ1v) is 17.2. The highest BCUT2D eigenvalue weighted by molar-refractivity contribution is 6.19. The van der Waals surface area contributed by atoms with E-state index in [1.807, 2.05) is 60.9 Å². The Morgan fingerprint density at radius 2 is 1.06 bits per heavy atom. The first-order valence-electron chi connectivity index (χ1n) is 17.2. The van der Waals surface area contributed by atoms with Gasteiger partial charge < -0.3 is 0 Å². The lowest BCUT2D eigenvalue weighted by atomic mass is 9.89. The van der Waals surface area contributed by atoms with Crippen molar-refractivity contribution in [1.82, 2.24) is 29.9 Å². The second kappa shape index (κ2) is 12.3. The van der Waals surface area contributed by atoms with Crippen molar-refractivity contribution in [3.05, 3.63) is 170 Å². The fourth-order valence-electron chi connectivity index (χ4n) is 7.27. The van der Waals surface area contributed by atoms with Crippen LogP contribution in [-0.4, -0.2) is 29.9 Å². The zero-order chi connectivity index (χ0) is 34.4. The van der Waals surface area contributed by atoms with Gasteiger partial charge in [-0.25, -0.2) is 29.9 Å². The van der Waals surface area contributed by atoms with Crippen molar-refractivity contribution in [3.63, 3.8) is 0 Å². The summed E-state index contributed by atoms with van der Waals surface area (Å²) >= 11 is 0. The van der Waals surface area contributed by atoms with E-state index in [0.29, 0.717) is 11.6 Å². The van der Waals surface area contributed by atoms with Crippen LogP contribution in [-0.2, 0) is 0 Å². The summed E-state index contributed by atoms with van der Waals surface area (Å²) in [5, 5.41) is 4.94. The second-order valence-electron chi connectivity index (χ2n) is 12.7. The lowest BCUT2D eigenvalue weighted by molar-refractivity contribution is 1.21. The number of hydrogen-bond acceptors (Lipinski definition) is 6. The minimum atomic E-state index is 0.645. The predicted molar refractivity (Wildman–Crippen MR) is 210 cm³/mol. The summed E-state index contributed by atoms with van der Waals surface area (Å²) in [6.07, 6.45) is 5.40. The van der Waals surface area contributed by atoms with Gasteiger partial charge in [0.25, 0.3) is 0 Å². The van der Waals surface area contributed by atoms with E-state index in [1.54, 1.807) is 6.33 Å². The van der Waals surface area contributed by atoms with Crippen molar-refractivity contribution in [2.45, 2.75) is 0 Å². The van der Waals surface area contributed by atoms with Crippen LogP contribution in [0.5, 0.6) is 0 Å². The zero-order valence-electron chi connectivity index (χ0n) is 27.8. The largest absolute Gasteiger partial charge is 0.244 e. The molecule has 0 aliphatic carbocycles. The number of fused-ring (bicyclic) bond motifs is 5. The normalized spacial score (nSPS) is 11.5. The van der Waals surface area contributed by atoms with Crippen LogP contribution >= 0.6 is 0 Å². The fraction of sp³-hybridized carbons (Fsp3) is 0. The average molecular weight is 665 g/mol. The molecule has 3 heterocycles.